The van der Waals surface area contributed by atoms with E-state index in [2.05, 4.69) is 31.4 Å². The minimum Gasteiger partial charge on any atom is -0.463 e. The first-order chi connectivity index (χ1) is 18.9. The van der Waals surface area contributed by atoms with Crippen molar-refractivity contribution in [1.82, 2.24) is 31.7 Å². The average molecular weight is 584 g/mol. The molecule has 2 saturated heterocycles. The summed E-state index contributed by atoms with van der Waals surface area (Å²) in [6.45, 7) is 3.80. The van der Waals surface area contributed by atoms with Crippen LogP contribution in [0.2, 0.25) is 0 Å². The lowest BCUT2D eigenvalue weighted by molar-refractivity contribution is -0.142. The number of nitrogens with two attached hydrogens (primary N) is 1. The number of carbonyl (C=O) groups is 7. The maximum atomic E-state index is 12.5. The Morgan fingerprint density at radius 1 is 1.07 bits per heavy atom. The quantitative estimate of drug-likeness (QED) is 0.0445. The third-order valence-electron chi connectivity index (χ3n) is 6.08. The summed E-state index contributed by atoms with van der Waals surface area (Å²) < 4.78 is 4.66. The number of fused-ring (bicyclic) bond motifs is 1. The second-order valence-electron chi connectivity index (χ2n) is 9.34. The van der Waals surface area contributed by atoms with Crippen LogP contribution in [0.25, 0.3) is 0 Å². The van der Waals surface area contributed by atoms with Gasteiger partial charge < -0.3 is 31.7 Å². The number of urea groups is 1. The van der Waals surface area contributed by atoms with Gasteiger partial charge in [-0.05, 0) is 33.6 Å². The molecule has 0 unspecified atom stereocenters. The highest BCUT2D eigenvalue weighted by Gasteiger charge is 2.42. The van der Waals surface area contributed by atoms with Crippen molar-refractivity contribution in [3.63, 3.8) is 0 Å². The van der Waals surface area contributed by atoms with E-state index in [1.807, 2.05) is 0 Å². The van der Waals surface area contributed by atoms with Crippen LogP contribution in [0.15, 0.2) is 12.2 Å². The lowest BCUT2D eigenvalue weighted by Gasteiger charge is -2.24. The number of hydrogen-bond acceptors (Lipinski definition) is 9. The number of nitrogens with one attached hydrogen (secondary N) is 5. The molecule has 7 amide bonds. The standard InChI is InChI=1S/C24H37N7O8S/c1-4-39-20(35)10-9-19(34)31(11-17(25)32)30-23(37)14(3)27-22(36)13(2)26-18(33)8-6-5-7-16-21-15(12-40-16)28-24(38)29-21/h9-10,13-16,21H,4-8,11-12H2,1-3H3,(H2,25,32)(H,26,33)(H,27,36)(H,30,37)(H2,28,29,38)/b10-9+/t13-,14-,15-,16-,21-/m0/s1. The molecule has 0 aromatic heterocycles. The second kappa shape index (κ2) is 15.7. The van der Waals surface area contributed by atoms with E-state index in [4.69, 9.17) is 5.73 Å². The van der Waals surface area contributed by atoms with Gasteiger partial charge in [0.25, 0.3) is 11.8 Å². The maximum Gasteiger partial charge on any atom is 0.330 e. The topological polar surface area (TPSA) is 218 Å². The number of hydrogen-bond donors (Lipinski definition) is 6. The highest BCUT2D eigenvalue weighted by atomic mass is 32.2. The van der Waals surface area contributed by atoms with Crippen molar-refractivity contribution in [2.75, 3.05) is 18.9 Å². The van der Waals surface area contributed by atoms with E-state index in [1.165, 1.54) is 13.8 Å². The Bertz CT molecular complexity index is 1020. The molecule has 0 spiro atoms. The number of amides is 7. The van der Waals surface area contributed by atoms with Crippen molar-refractivity contribution in [2.24, 2.45) is 5.73 Å². The lowest BCUT2D eigenvalue weighted by atomic mass is 10.0. The Labute approximate surface area is 236 Å². The van der Waals surface area contributed by atoms with E-state index in [0.717, 1.165) is 30.7 Å². The number of primary amides is 1. The number of unbranched alkanes of at least 4 members (excludes halogenated alkanes) is 1. The number of esters is 1. The summed E-state index contributed by atoms with van der Waals surface area (Å²) in [6, 6.07) is -1.98. The van der Waals surface area contributed by atoms with E-state index < -0.39 is 48.2 Å². The van der Waals surface area contributed by atoms with Gasteiger partial charge >= 0.3 is 12.0 Å². The molecule has 2 aliphatic rings. The molecule has 222 valence electrons. The van der Waals surface area contributed by atoms with Crippen molar-refractivity contribution >= 4 is 53.3 Å². The van der Waals surface area contributed by atoms with Crippen LogP contribution in [0, 0.1) is 0 Å². The van der Waals surface area contributed by atoms with Gasteiger partial charge in [-0.3, -0.25) is 29.4 Å². The van der Waals surface area contributed by atoms with Gasteiger partial charge in [-0.2, -0.15) is 11.8 Å². The molecule has 0 saturated carbocycles. The molecule has 2 rings (SSSR count). The number of ether oxygens (including phenoxy) is 1. The molecule has 0 radical (unpaired) electrons. The minimum atomic E-state index is -1.15. The molecule has 16 heteroatoms. The average Bonchev–Trinajstić information content (AvgIpc) is 3.43. The molecule has 15 nitrogen and oxygen atoms in total. The highest BCUT2D eigenvalue weighted by molar-refractivity contribution is 8.00. The molecular formula is C24H37N7O8S. The minimum absolute atomic E-state index is 0.0929. The summed E-state index contributed by atoms with van der Waals surface area (Å²) in [5, 5.41) is 11.7. The fourth-order valence-corrected chi connectivity index (χ4v) is 5.58. The van der Waals surface area contributed by atoms with Crippen LogP contribution < -0.4 is 32.4 Å². The van der Waals surface area contributed by atoms with Gasteiger partial charge in [-0.15, -0.1) is 0 Å². The summed E-state index contributed by atoms with van der Waals surface area (Å²) in [6.07, 6.45) is 4.11. The van der Waals surface area contributed by atoms with Gasteiger partial charge in [0.2, 0.25) is 17.7 Å². The molecule has 2 aliphatic heterocycles. The van der Waals surface area contributed by atoms with E-state index in [-0.39, 0.29) is 37.0 Å². The van der Waals surface area contributed by atoms with Crippen molar-refractivity contribution in [2.45, 2.75) is 75.9 Å². The van der Waals surface area contributed by atoms with E-state index >= 15 is 0 Å². The van der Waals surface area contributed by atoms with Gasteiger partial charge in [-0.1, -0.05) is 6.42 Å². The van der Waals surface area contributed by atoms with Gasteiger partial charge in [0, 0.05) is 29.6 Å². The van der Waals surface area contributed by atoms with Crippen LogP contribution in [-0.4, -0.2) is 94.9 Å². The largest absolute Gasteiger partial charge is 0.463 e. The Balaban J connectivity index is 1.74. The Hall–Kier alpha value is -3.82. The number of thioether (sulfide) groups is 1. The number of nitrogens with zero attached hydrogens (tertiary/aromatic N) is 1. The SMILES string of the molecule is CCOC(=O)/C=C/C(=O)N(CC(N)=O)NC(=O)[C@H](C)NC(=O)[C@H](C)NC(=O)CCCC[C@@H]1SC[C@@H]2NC(=O)N[C@@H]21. The van der Waals surface area contributed by atoms with Crippen LogP contribution >= 0.6 is 11.8 Å². The van der Waals surface area contributed by atoms with Crippen molar-refractivity contribution in [1.29, 1.82) is 0 Å². The van der Waals surface area contributed by atoms with E-state index in [1.54, 1.807) is 18.7 Å². The van der Waals surface area contributed by atoms with Gasteiger partial charge in [0.05, 0.1) is 18.7 Å². The molecule has 2 fully saturated rings. The summed E-state index contributed by atoms with van der Waals surface area (Å²) in [4.78, 5) is 83.8. The zero-order chi connectivity index (χ0) is 29.8. The molecule has 2 heterocycles. The van der Waals surface area contributed by atoms with Crippen LogP contribution in [0.3, 0.4) is 0 Å². The number of rotatable bonds is 14. The zero-order valence-corrected chi connectivity index (χ0v) is 23.5. The molecular weight excluding hydrogens is 546 g/mol. The fraction of sp³-hybridized carbons (Fsp3) is 0.625. The molecule has 5 atom stereocenters. The van der Waals surface area contributed by atoms with Crippen molar-refractivity contribution in [3.8, 4) is 0 Å². The van der Waals surface area contributed by atoms with Crippen LogP contribution in [0.5, 0.6) is 0 Å². The van der Waals surface area contributed by atoms with Crippen molar-refractivity contribution < 1.29 is 38.3 Å². The van der Waals surface area contributed by atoms with Gasteiger partial charge in [0.1, 0.15) is 18.6 Å². The summed E-state index contributed by atoms with van der Waals surface area (Å²) in [5.74, 6) is -3.57. The molecule has 40 heavy (non-hydrogen) atoms. The Morgan fingerprint density at radius 3 is 2.45 bits per heavy atom. The number of hydrazine groups is 1. The maximum absolute atomic E-state index is 12.5. The summed E-state index contributed by atoms with van der Waals surface area (Å²) in [5.41, 5.74) is 7.30. The monoisotopic (exact) mass is 583 g/mol. The van der Waals surface area contributed by atoms with Crippen LogP contribution in [-0.2, 0) is 33.5 Å². The zero-order valence-electron chi connectivity index (χ0n) is 22.7. The van der Waals surface area contributed by atoms with Crippen molar-refractivity contribution in [3.05, 3.63) is 12.2 Å². The summed E-state index contributed by atoms with van der Waals surface area (Å²) in [7, 11) is 0. The first kappa shape index (κ1) is 32.4. The molecule has 0 bridgehead atoms. The van der Waals surface area contributed by atoms with E-state index in [0.29, 0.717) is 16.7 Å². The first-order valence-electron chi connectivity index (χ1n) is 12.9. The molecule has 0 aliphatic carbocycles. The lowest BCUT2D eigenvalue weighted by Crippen LogP contribution is -2.56. The molecule has 0 aromatic rings. The number of carbonyl (C=O) groups excluding carboxylic acids is 7. The third-order valence-corrected chi connectivity index (χ3v) is 7.59. The molecule has 7 N–H and O–H groups in total. The second-order valence-corrected chi connectivity index (χ2v) is 10.6. The smallest absolute Gasteiger partial charge is 0.330 e. The van der Waals surface area contributed by atoms with Crippen LogP contribution in [0.1, 0.15) is 46.5 Å². The predicted molar refractivity (Wildman–Crippen MR) is 144 cm³/mol. The van der Waals surface area contributed by atoms with Gasteiger partial charge in [-0.25, -0.2) is 14.6 Å². The predicted octanol–water partition coefficient (Wildman–Crippen LogP) is -1.81. The Morgan fingerprint density at radius 2 is 1.77 bits per heavy atom. The van der Waals surface area contributed by atoms with Crippen LogP contribution in [0.4, 0.5) is 4.79 Å². The normalized spacial score (nSPS) is 20.9. The summed E-state index contributed by atoms with van der Waals surface area (Å²) >= 11 is 1.80. The van der Waals surface area contributed by atoms with E-state index in [9.17, 15) is 33.6 Å². The Kier molecular flexibility index (Phi) is 12.7. The molecule has 0 aromatic carbocycles. The fourth-order valence-electron chi connectivity index (χ4n) is 4.04. The highest BCUT2D eigenvalue weighted by Crippen LogP contribution is 2.33. The van der Waals surface area contributed by atoms with Gasteiger partial charge in [0.15, 0.2) is 0 Å². The third kappa shape index (κ3) is 10.4. The first-order valence-corrected chi connectivity index (χ1v) is 14.0.